The predicted molar refractivity (Wildman–Crippen MR) is 104 cm³/mol. The molecule has 2 fully saturated rings. The summed E-state index contributed by atoms with van der Waals surface area (Å²) >= 11 is 0. The van der Waals surface area contributed by atoms with E-state index in [0.717, 1.165) is 0 Å². The number of carboxylic acid groups (broad SMARTS) is 1. The van der Waals surface area contributed by atoms with E-state index in [2.05, 4.69) is 6.58 Å². The van der Waals surface area contributed by atoms with Crippen LogP contribution in [0.1, 0.15) is 6.42 Å². The molecule has 2 rings (SSSR count). The van der Waals surface area contributed by atoms with Gasteiger partial charge < -0.3 is 66.2 Å². The largest absolute Gasteiger partial charge is 0.477 e. The van der Waals surface area contributed by atoms with Crippen LogP contribution in [0, 0.1) is 0 Å². The topological polar surface area (TPSA) is 248 Å². The smallest absolute Gasteiger partial charge is 0.364 e. The summed E-state index contributed by atoms with van der Waals surface area (Å²) in [6.07, 6.45) is -11.5. The van der Waals surface area contributed by atoms with Crippen LogP contribution in [-0.2, 0) is 23.7 Å². The fourth-order valence-electron chi connectivity index (χ4n) is 3.51. The summed E-state index contributed by atoms with van der Waals surface area (Å²) in [6, 6.07) is -2.42. The minimum absolute atomic E-state index is 0.0216. The number of carboxylic acids is 1. The van der Waals surface area contributed by atoms with Gasteiger partial charge in [0.1, 0.15) is 36.6 Å². The number of hydrogen-bond donors (Lipinski definition) is 9. The average molecular weight is 468 g/mol. The van der Waals surface area contributed by atoms with Crippen LogP contribution in [0.15, 0.2) is 12.7 Å². The van der Waals surface area contributed by atoms with Crippen LogP contribution in [-0.4, -0.2) is 128 Å². The summed E-state index contributed by atoms with van der Waals surface area (Å²) in [7, 11) is 0. The molecule has 4 unspecified atom stereocenters. The Hall–Kier alpha value is -1.27. The number of nitrogens with two attached hydrogens (primary N) is 2. The lowest BCUT2D eigenvalue weighted by molar-refractivity contribution is -0.328. The van der Waals surface area contributed by atoms with E-state index in [1.807, 2.05) is 0 Å². The summed E-state index contributed by atoms with van der Waals surface area (Å²) in [5, 5.41) is 69.4. The van der Waals surface area contributed by atoms with Gasteiger partial charge in [-0.2, -0.15) is 0 Å². The van der Waals surface area contributed by atoms with Crippen LogP contribution >= 0.6 is 0 Å². The molecule has 0 aromatic heterocycles. The van der Waals surface area contributed by atoms with Crippen LogP contribution in [0.4, 0.5) is 0 Å². The lowest BCUT2D eigenvalue weighted by Gasteiger charge is -2.46. The van der Waals surface area contributed by atoms with E-state index in [1.165, 1.54) is 6.08 Å². The second-order valence-corrected chi connectivity index (χ2v) is 7.76. The van der Waals surface area contributed by atoms with Gasteiger partial charge in [-0.1, -0.05) is 6.08 Å². The maximum Gasteiger partial charge on any atom is 0.364 e. The molecular formula is C18H32N2O12. The number of carbonyl (C=O) groups is 1. The Kier molecular flexibility index (Phi) is 9.47. The first-order valence-corrected chi connectivity index (χ1v) is 9.94. The summed E-state index contributed by atoms with van der Waals surface area (Å²) in [4.78, 5) is 12.0. The van der Waals surface area contributed by atoms with E-state index in [9.17, 15) is 35.4 Å². The lowest BCUT2D eigenvalue weighted by Crippen LogP contribution is -2.67. The minimum Gasteiger partial charge on any atom is -0.477 e. The van der Waals surface area contributed by atoms with Crippen molar-refractivity contribution >= 4 is 5.97 Å². The van der Waals surface area contributed by atoms with Gasteiger partial charge in [-0.05, 0) is 0 Å². The highest BCUT2D eigenvalue weighted by Crippen LogP contribution is 2.33. The van der Waals surface area contributed by atoms with Gasteiger partial charge in [-0.15, -0.1) is 6.58 Å². The normalized spacial score (nSPS) is 42.2. The zero-order valence-electron chi connectivity index (χ0n) is 17.2. The van der Waals surface area contributed by atoms with Gasteiger partial charge in [0.25, 0.3) is 5.79 Å². The Labute approximate surface area is 183 Å². The third kappa shape index (κ3) is 5.61. The van der Waals surface area contributed by atoms with E-state index in [-0.39, 0.29) is 6.61 Å². The molecule has 0 radical (unpaired) electrons. The van der Waals surface area contributed by atoms with E-state index in [0.29, 0.717) is 0 Å². The molecule has 2 saturated heterocycles. The van der Waals surface area contributed by atoms with Gasteiger partial charge in [0.2, 0.25) is 0 Å². The quantitative estimate of drug-likeness (QED) is 0.136. The molecule has 0 amide bonds. The molecule has 0 aromatic carbocycles. The Morgan fingerprint density at radius 1 is 1.22 bits per heavy atom. The van der Waals surface area contributed by atoms with Gasteiger partial charge >= 0.3 is 5.97 Å². The van der Waals surface area contributed by atoms with Gasteiger partial charge in [0.05, 0.1) is 38.0 Å². The molecule has 2 aliphatic rings. The summed E-state index contributed by atoms with van der Waals surface area (Å²) in [5.74, 6) is -4.25. The Balaban J connectivity index is 2.19. The molecule has 2 aliphatic heterocycles. The molecule has 14 nitrogen and oxygen atoms in total. The third-order valence-electron chi connectivity index (χ3n) is 5.48. The molecule has 0 aliphatic carbocycles. The Morgan fingerprint density at radius 2 is 1.88 bits per heavy atom. The zero-order chi connectivity index (χ0) is 24.2. The van der Waals surface area contributed by atoms with E-state index in [1.54, 1.807) is 0 Å². The summed E-state index contributed by atoms with van der Waals surface area (Å²) in [6.45, 7) is 1.96. The fourth-order valence-corrected chi connectivity index (χ4v) is 3.51. The molecule has 0 spiro atoms. The van der Waals surface area contributed by atoms with Crippen molar-refractivity contribution in [1.82, 2.24) is 0 Å². The number of ether oxygens (including phenoxy) is 4. The molecule has 2 heterocycles. The first kappa shape index (κ1) is 27.0. The maximum atomic E-state index is 12.0. The van der Waals surface area contributed by atoms with Crippen molar-refractivity contribution in [3.8, 4) is 0 Å². The third-order valence-corrected chi connectivity index (χ3v) is 5.48. The molecule has 186 valence electrons. The Morgan fingerprint density at radius 3 is 2.44 bits per heavy atom. The summed E-state index contributed by atoms with van der Waals surface area (Å²) in [5.41, 5.74) is 11.6. The van der Waals surface area contributed by atoms with Crippen molar-refractivity contribution in [3.05, 3.63) is 12.7 Å². The summed E-state index contributed by atoms with van der Waals surface area (Å²) < 4.78 is 21.5. The van der Waals surface area contributed by atoms with Crippen molar-refractivity contribution < 1.29 is 59.5 Å². The number of rotatable bonds is 10. The number of aliphatic hydroxyl groups is 6. The van der Waals surface area contributed by atoms with E-state index >= 15 is 0 Å². The van der Waals surface area contributed by atoms with Crippen LogP contribution in [0.25, 0.3) is 0 Å². The fraction of sp³-hybridized carbons (Fsp3) is 0.833. The first-order chi connectivity index (χ1) is 15.0. The highest BCUT2D eigenvalue weighted by Gasteiger charge is 2.55. The highest BCUT2D eigenvalue weighted by atomic mass is 16.7. The van der Waals surface area contributed by atoms with Crippen LogP contribution < -0.4 is 11.5 Å². The second kappa shape index (κ2) is 11.2. The van der Waals surface area contributed by atoms with Crippen LogP contribution in [0.2, 0.25) is 0 Å². The predicted octanol–water partition coefficient (Wildman–Crippen LogP) is -5.05. The number of hydrogen-bond acceptors (Lipinski definition) is 13. The van der Waals surface area contributed by atoms with Crippen LogP contribution in [0.3, 0.4) is 0 Å². The first-order valence-electron chi connectivity index (χ1n) is 9.94. The number of aliphatic carboxylic acids is 1. The van der Waals surface area contributed by atoms with Crippen molar-refractivity contribution in [2.24, 2.45) is 11.5 Å². The minimum atomic E-state index is -2.55. The Bertz CT molecular complexity index is 641. The van der Waals surface area contributed by atoms with E-state index < -0.39 is 92.5 Å². The SMILES string of the molecule is C=CCO[C@H]1OC(CO[C@]2(C(=O)O)C[C@@H](O)[C@@H](N)C([C@H](O)[C@H](O)CO)O2)[C@H](O)C(O)C1N. The standard InChI is InChI=1S/C18H32N2O12/c1-2-3-29-16-11(20)14(26)13(25)9(31-16)6-30-18(17(27)28)4-7(22)10(19)15(32-18)12(24)8(23)5-21/h2,7-16,21-26H,1,3-6,19-20H2,(H,27,28)/t7-,8-,9?,10-,11?,12-,13+,14?,15?,16+,18-/m1/s1. The molecule has 0 saturated carbocycles. The molecule has 0 bridgehead atoms. The molecule has 32 heavy (non-hydrogen) atoms. The zero-order valence-corrected chi connectivity index (χ0v) is 17.2. The van der Waals surface area contributed by atoms with Crippen molar-refractivity contribution in [2.45, 2.75) is 73.3 Å². The van der Waals surface area contributed by atoms with Gasteiger partial charge in [-0.25, -0.2) is 4.79 Å². The highest BCUT2D eigenvalue weighted by molar-refractivity contribution is 5.76. The van der Waals surface area contributed by atoms with Crippen molar-refractivity contribution in [2.75, 3.05) is 19.8 Å². The average Bonchev–Trinajstić information content (AvgIpc) is 2.77. The second-order valence-electron chi connectivity index (χ2n) is 7.76. The van der Waals surface area contributed by atoms with E-state index in [4.69, 9.17) is 35.5 Å². The molecular weight excluding hydrogens is 436 g/mol. The molecule has 0 aromatic rings. The number of aliphatic hydroxyl groups excluding tert-OH is 6. The monoisotopic (exact) mass is 468 g/mol. The van der Waals surface area contributed by atoms with Crippen molar-refractivity contribution in [1.29, 1.82) is 0 Å². The van der Waals surface area contributed by atoms with Gasteiger partial charge in [0.15, 0.2) is 6.29 Å². The van der Waals surface area contributed by atoms with Crippen molar-refractivity contribution in [3.63, 3.8) is 0 Å². The maximum absolute atomic E-state index is 12.0. The van der Waals surface area contributed by atoms with Crippen LogP contribution in [0.5, 0.6) is 0 Å². The molecule has 11 atom stereocenters. The lowest BCUT2D eigenvalue weighted by atomic mass is 9.89. The molecule has 11 N–H and O–H groups in total. The molecule has 14 heteroatoms. The van der Waals surface area contributed by atoms with Gasteiger partial charge in [0, 0.05) is 6.42 Å². The van der Waals surface area contributed by atoms with Gasteiger partial charge in [-0.3, -0.25) is 0 Å².